The van der Waals surface area contributed by atoms with Crippen LogP contribution < -0.4 is 20.9 Å². The Bertz CT molecular complexity index is 2730. The summed E-state index contributed by atoms with van der Waals surface area (Å²) in [7, 11) is 0. The predicted molar refractivity (Wildman–Crippen MR) is 254 cm³/mol. The molecule has 5 aromatic carbocycles. The molecule has 348 valence electrons. The van der Waals surface area contributed by atoms with Crippen molar-refractivity contribution in [2.75, 3.05) is 39.3 Å². The third kappa shape index (κ3) is 11.2. The first-order valence-electron chi connectivity index (χ1n) is 22.9. The number of carboxylic acids is 1. The van der Waals surface area contributed by atoms with Crippen LogP contribution in [0.5, 0.6) is 11.5 Å². The van der Waals surface area contributed by atoms with Crippen LogP contribution >= 0.6 is 0 Å². The highest BCUT2D eigenvalue weighted by Crippen LogP contribution is 2.36. The Labute approximate surface area is 388 Å². The highest BCUT2D eigenvalue weighted by atomic mass is 16.5. The van der Waals surface area contributed by atoms with Crippen molar-refractivity contribution in [1.29, 1.82) is 0 Å². The van der Waals surface area contributed by atoms with Crippen LogP contribution in [0.15, 0.2) is 132 Å². The number of hydrogen-bond donors (Lipinski definition) is 7. The monoisotopic (exact) mass is 907 g/mol. The molecule has 2 aliphatic heterocycles. The highest BCUT2D eigenvalue weighted by molar-refractivity contribution is 5.94. The number of amides is 2. The smallest absolute Gasteiger partial charge is 0.345 e. The van der Waals surface area contributed by atoms with Gasteiger partial charge in [0.05, 0.1) is 11.6 Å². The number of aromatic nitrogens is 1. The lowest BCUT2D eigenvalue weighted by molar-refractivity contribution is -0.155. The summed E-state index contributed by atoms with van der Waals surface area (Å²) in [6.07, 6.45) is 2.79. The Morgan fingerprint density at radius 1 is 0.806 bits per heavy atom. The zero-order valence-electron chi connectivity index (χ0n) is 37.3. The first-order valence-corrected chi connectivity index (χ1v) is 22.9. The van der Waals surface area contributed by atoms with Crippen LogP contribution in [0.2, 0.25) is 0 Å². The van der Waals surface area contributed by atoms with Crippen LogP contribution in [-0.2, 0) is 34.7 Å². The van der Waals surface area contributed by atoms with Gasteiger partial charge in [0.1, 0.15) is 11.5 Å². The maximum atomic E-state index is 13.4. The van der Waals surface area contributed by atoms with Gasteiger partial charge in [-0.3, -0.25) is 19.3 Å². The summed E-state index contributed by atoms with van der Waals surface area (Å²) in [5, 5.41) is 50.4. The molecule has 0 bridgehead atoms. The second kappa shape index (κ2) is 21.2. The fourth-order valence-corrected chi connectivity index (χ4v) is 9.36. The summed E-state index contributed by atoms with van der Waals surface area (Å²) >= 11 is 0. The Hall–Kier alpha value is -6.84. The fraction of sp³-hybridized carbons (Fsp3) is 0.321. The number of aromatic amines is 1. The maximum absolute atomic E-state index is 13.4. The number of nitrogens with zero attached hydrogens (tertiary/aromatic N) is 2. The van der Waals surface area contributed by atoms with E-state index in [1.807, 2.05) is 30.3 Å². The third-order valence-corrected chi connectivity index (χ3v) is 13.1. The quantitative estimate of drug-likeness (QED) is 0.0598. The van der Waals surface area contributed by atoms with E-state index in [2.05, 4.69) is 44.8 Å². The zero-order chi connectivity index (χ0) is 46.9. The number of likely N-dealkylation sites (tertiary alicyclic amines) is 2. The molecule has 7 N–H and O–H groups in total. The molecule has 0 unspecified atom stereocenters. The summed E-state index contributed by atoms with van der Waals surface area (Å²) in [6.45, 7) is 4.03. The normalized spacial score (nSPS) is 16.3. The standard InChI is InChI=1S/C53H57N5O9/c59-46-19-17-43(44-18-20-48(61)56-50(44)46)47(60)32-54-31-36-13-15-38(16-14-36)51(63)58-27-23-41(24-28-58)55-49(62)34-67-42-11-6-10-40(30-42)53(66,52(64)65)45-12-5-4-9-39(45)29-35-21-25-57(26-22-35)33-37-7-2-1-3-8-37/h1-20,30,35,41,47,54,59-60,66H,21-29,31-34H2,(H,55,62)(H,56,61)(H,64,65)/t47-,53-/m0/s1. The molecule has 0 aliphatic carbocycles. The van der Waals surface area contributed by atoms with Crippen molar-refractivity contribution in [3.63, 3.8) is 0 Å². The molecule has 2 aliphatic rings. The summed E-state index contributed by atoms with van der Waals surface area (Å²) in [6, 6.07) is 36.9. The van der Waals surface area contributed by atoms with Gasteiger partial charge in [-0.1, -0.05) is 84.9 Å². The molecule has 8 rings (SSSR count). The molecule has 0 spiro atoms. The number of piperidine rings is 2. The van der Waals surface area contributed by atoms with Crippen LogP contribution in [-0.4, -0.2) is 98.4 Å². The number of fused-ring (bicyclic) bond motifs is 1. The van der Waals surface area contributed by atoms with Crippen molar-refractivity contribution in [2.24, 2.45) is 5.92 Å². The number of ether oxygens (including phenoxy) is 1. The number of carbonyl (C=O) groups excluding carboxylic acids is 2. The molecule has 6 aromatic rings. The number of pyridine rings is 1. The molecule has 67 heavy (non-hydrogen) atoms. The molecule has 2 atom stereocenters. The number of carboxylic acid groups (broad SMARTS) is 1. The second-order valence-electron chi connectivity index (χ2n) is 17.7. The van der Waals surface area contributed by atoms with Gasteiger partial charge in [-0.2, -0.15) is 0 Å². The molecular formula is C53H57N5O9. The number of hydrogen-bond acceptors (Lipinski definition) is 10. The van der Waals surface area contributed by atoms with Crippen LogP contribution in [0.25, 0.3) is 10.9 Å². The molecular weight excluding hydrogens is 851 g/mol. The Balaban J connectivity index is 0.788. The van der Waals surface area contributed by atoms with Crippen molar-refractivity contribution in [3.8, 4) is 11.5 Å². The molecule has 2 amide bonds. The topological polar surface area (TPSA) is 205 Å². The lowest BCUT2D eigenvalue weighted by atomic mass is 9.80. The van der Waals surface area contributed by atoms with E-state index in [0.29, 0.717) is 66.9 Å². The molecule has 0 radical (unpaired) electrons. The van der Waals surface area contributed by atoms with E-state index < -0.39 is 17.7 Å². The Morgan fingerprint density at radius 2 is 1.54 bits per heavy atom. The average molecular weight is 908 g/mol. The van der Waals surface area contributed by atoms with E-state index in [9.17, 15) is 39.6 Å². The van der Waals surface area contributed by atoms with Gasteiger partial charge in [-0.25, -0.2) is 4.79 Å². The first-order chi connectivity index (χ1) is 32.4. The third-order valence-electron chi connectivity index (χ3n) is 13.1. The molecule has 2 saturated heterocycles. The number of benzene rings is 5. The summed E-state index contributed by atoms with van der Waals surface area (Å²) < 4.78 is 5.85. The van der Waals surface area contributed by atoms with Gasteiger partial charge in [0.25, 0.3) is 11.8 Å². The number of aliphatic hydroxyl groups is 2. The van der Waals surface area contributed by atoms with Gasteiger partial charge < -0.3 is 45.7 Å². The van der Waals surface area contributed by atoms with Crippen molar-refractivity contribution in [1.82, 2.24) is 25.4 Å². The number of phenolic OH excluding ortho intramolecular Hbond substituents is 1. The average Bonchev–Trinajstić information content (AvgIpc) is 3.34. The SMILES string of the molecule is O=C(COc1cccc([C@@](O)(C(=O)O)c2ccccc2CC2CCN(Cc3ccccc3)CC2)c1)NC1CCN(C(=O)c2ccc(CNC[C@H](O)c3ccc(O)c4[nH]c(=O)ccc34)cc2)CC1. The molecule has 0 saturated carbocycles. The predicted octanol–water partition coefficient (Wildman–Crippen LogP) is 5.63. The number of rotatable bonds is 17. The number of nitrogens with one attached hydrogen (secondary N) is 3. The lowest BCUT2D eigenvalue weighted by Gasteiger charge is -2.33. The van der Waals surface area contributed by atoms with Crippen molar-refractivity contribution < 1.29 is 39.5 Å². The minimum absolute atomic E-state index is 0.0740. The number of aromatic hydroxyl groups is 1. The molecule has 1 aromatic heterocycles. The highest BCUT2D eigenvalue weighted by Gasteiger charge is 2.42. The summed E-state index contributed by atoms with van der Waals surface area (Å²) in [4.78, 5) is 58.0. The van der Waals surface area contributed by atoms with Crippen molar-refractivity contribution in [2.45, 2.75) is 62.9 Å². The Kier molecular flexibility index (Phi) is 14.8. The number of carbonyl (C=O) groups is 3. The maximum Gasteiger partial charge on any atom is 0.345 e. The number of H-pyrrole nitrogens is 1. The van der Waals surface area contributed by atoms with E-state index in [1.54, 1.807) is 59.5 Å². The number of phenols is 1. The van der Waals surface area contributed by atoms with E-state index in [4.69, 9.17) is 4.74 Å². The minimum atomic E-state index is -2.35. The number of aliphatic carboxylic acids is 1. The second-order valence-corrected chi connectivity index (χ2v) is 17.7. The van der Waals surface area contributed by atoms with Gasteiger partial charge in [0.2, 0.25) is 11.2 Å². The van der Waals surface area contributed by atoms with Gasteiger partial charge in [-0.05, 0) is 110 Å². The van der Waals surface area contributed by atoms with E-state index >= 15 is 0 Å². The molecule has 14 heteroatoms. The van der Waals surface area contributed by atoms with Gasteiger partial charge in [0, 0.05) is 66.9 Å². The van der Waals surface area contributed by atoms with Crippen LogP contribution in [0, 0.1) is 5.92 Å². The first kappa shape index (κ1) is 46.7. The minimum Gasteiger partial charge on any atom is -0.506 e. The zero-order valence-corrected chi connectivity index (χ0v) is 37.3. The molecule has 2 fully saturated rings. The summed E-state index contributed by atoms with van der Waals surface area (Å²) in [5.41, 5.74) is 2.11. The van der Waals surface area contributed by atoms with E-state index in [1.165, 1.54) is 23.8 Å². The van der Waals surface area contributed by atoms with Gasteiger partial charge in [0.15, 0.2) is 6.61 Å². The fourth-order valence-electron chi connectivity index (χ4n) is 9.36. The van der Waals surface area contributed by atoms with Crippen molar-refractivity contribution >= 4 is 28.7 Å². The van der Waals surface area contributed by atoms with E-state index in [-0.39, 0.29) is 59.1 Å². The van der Waals surface area contributed by atoms with Gasteiger partial charge >= 0.3 is 5.97 Å². The van der Waals surface area contributed by atoms with Crippen LogP contribution in [0.3, 0.4) is 0 Å². The lowest BCUT2D eigenvalue weighted by Crippen LogP contribution is -2.47. The van der Waals surface area contributed by atoms with Crippen LogP contribution in [0.4, 0.5) is 0 Å². The largest absolute Gasteiger partial charge is 0.506 e. The van der Waals surface area contributed by atoms with Crippen molar-refractivity contribution in [3.05, 3.63) is 177 Å². The van der Waals surface area contributed by atoms with E-state index in [0.717, 1.165) is 43.6 Å². The van der Waals surface area contributed by atoms with Gasteiger partial charge in [-0.15, -0.1) is 0 Å². The summed E-state index contributed by atoms with van der Waals surface area (Å²) in [5.74, 6) is -1.35. The Morgan fingerprint density at radius 3 is 2.28 bits per heavy atom. The molecule has 3 heterocycles. The number of aliphatic hydroxyl groups excluding tert-OH is 1. The molecule has 14 nitrogen and oxygen atoms in total. The van der Waals surface area contributed by atoms with Crippen LogP contribution in [0.1, 0.15) is 75.5 Å².